The van der Waals surface area contributed by atoms with Crippen LogP contribution in [0.3, 0.4) is 0 Å². The second kappa shape index (κ2) is 7.40. The van der Waals surface area contributed by atoms with Gasteiger partial charge in [-0.3, -0.25) is 14.6 Å². The number of nitrogens with one attached hydrogen (secondary N) is 2. The molecule has 2 N–H and O–H groups in total. The quantitative estimate of drug-likeness (QED) is 0.888. The molecular weight excluding hydrogens is 294 g/mol. The molecule has 0 aliphatic carbocycles. The van der Waals surface area contributed by atoms with E-state index in [-0.39, 0.29) is 23.6 Å². The number of pyridine rings is 1. The van der Waals surface area contributed by atoms with Crippen molar-refractivity contribution in [2.45, 2.75) is 19.9 Å². The van der Waals surface area contributed by atoms with Crippen LogP contribution in [0.2, 0.25) is 0 Å². The maximum absolute atomic E-state index is 12.3. The Morgan fingerprint density at radius 1 is 1.09 bits per heavy atom. The molecule has 0 unspecified atom stereocenters. The first-order valence-corrected chi connectivity index (χ1v) is 7.22. The zero-order valence-corrected chi connectivity index (χ0v) is 13.3. The fourth-order valence-corrected chi connectivity index (χ4v) is 1.91. The van der Waals surface area contributed by atoms with E-state index in [9.17, 15) is 9.59 Å². The third-order valence-corrected chi connectivity index (χ3v) is 3.02. The smallest absolute Gasteiger partial charge is 0.270 e. The van der Waals surface area contributed by atoms with Crippen LogP contribution in [0.4, 0.5) is 5.69 Å². The van der Waals surface area contributed by atoms with Gasteiger partial charge >= 0.3 is 0 Å². The van der Waals surface area contributed by atoms with Gasteiger partial charge in [0.05, 0.1) is 7.11 Å². The number of carbonyl (C=O) groups excluding carboxylic acids is 2. The highest BCUT2D eigenvalue weighted by Crippen LogP contribution is 2.16. The first-order chi connectivity index (χ1) is 11.0. The summed E-state index contributed by atoms with van der Waals surface area (Å²) in [5, 5.41) is 5.50. The van der Waals surface area contributed by atoms with E-state index in [0.717, 1.165) is 0 Å². The number of carbonyl (C=O) groups is 2. The molecule has 0 atom stereocenters. The molecule has 0 aliphatic heterocycles. The van der Waals surface area contributed by atoms with Gasteiger partial charge in [-0.25, -0.2) is 0 Å². The van der Waals surface area contributed by atoms with Crippen molar-refractivity contribution in [3.8, 4) is 5.75 Å². The van der Waals surface area contributed by atoms with Crippen LogP contribution >= 0.6 is 0 Å². The molecule has 0 saturated carbocycles. The maximum Gasteiger partial charge on any atom is 0.270 e. The van der Waals surface area contributed by atoms with Crippen LogP contribution in [-0.4, -0.2) is 29.9 Å². The van der Waals surface area contributed by atoms with Crippen molar-refractivity contribution in [3.63, 3.8) is 0 Å². The van der Waals surface area contributed by atoms with Gasteiger partial charge in [0.1, 0.15) is 11.4 Å². The Morgan fingerprint density at radius 3 is 2.39 bits per heavy atom. The molecular formula is C17H19N3O3. The minimum atomic E-state index is -0.309. The van der Waals surface area contributed by atoms with Gasteiger partial charge in [-0.15, -0.1) is 0 Å². The van der Waals surface area contributed by atoms with E-state index in [1.165, 1.54) is 12.3 Å². The third kappa shape index (κ3) is 4.54. The molecule has 1 aromatic heterocycles. The molecule has 2 amide bonds. The van der Waals surface area contributed by atoms with Gasteiger partial charge in [-0.1, -0.05) is 0 Å². The Labute approximate surface area is 134 Å². The summed E-state index contributed by atoms with van der Waals surface area (Å²) in [5.41, 5.74) is 1.21. The number of benzene rings is 1. The number of methoxy groups -OCH3 is 1. The standard InChI is InChI=1S/C17H19N3O3/c1-11(2)19-17(22)15-10-12(8-9-18-15)16(21)20-13-4-6-14(23-3)7-5-13/h4-11H,1-3H3,(H,19,22)(H,20,21). The highest BCUT2D eigenvalue weighted by atomic mass is 16.5. The number of anilines is 1. The van der Waals surface area contributed by atoms with Crippen LogP contribution in [0.5, 0.6) is 5.75 Å². The lowest BCUT2D eigenvalue weighted by Crippen LogP contribution is -2.31. The number of amides is 2. The molecule has 0 aliphatic rings. The van der Waals surface area contributed by atoms with Gasteiger partial charge in [0.25, 0.3) is 11.8 Å². The summed E-state index contributed by atoms with van der Waals surface area (Å²) in [6, 6.07) is 10.0. The summed E-state index contributed by atoms with van der Waals surface area (Å²) >= 11 is 0. The minimum Gasteiger partial charge on any atom is -0.497 e. The van der Waals surface area contributed by atoms with Crippen molar-refractivity contribution in [2.24, 2.45) is 0 Å². The number of hydrogen-bond acceptors (Lipinski definition) is 4. The first-order valence-electron chi connectivity index (χ1n) is 7.22. The lowest BCUT2D eigenvalue weighted by molar-refractivity contribution is 0.0938. The van der Waals surface area contributed by atoms with E-state index in [1.807, 2.05) is 13.8 Å². The number of nitrogens with zero attached hydrogens (tertiary/aromatic N) is 1. The van der Waals surface area contributed by atoms with E-state index >= 15 is 0 Å². The molecule has 0 saturated heterocycles. The topological polar surface area (TPSA) is 80.3 Å². The van der Waals surface area contributed by atoms with Crippen molar-refractivity contribution in [1.82, 2.24) is 10.3 Å². The number of rotatable bonds is 5. The van der Waals surface area contributed by atoms with Crippen LogP contribution in [0, 0.1) is 0 Å². The van der Waals surface area contributed by atoms with Gasteiger partial charge in [0.15, 0.2) is 0 Å². The Hall–Kier alpha value is -2.89. The fourth-order valence-electron chi connectivity index (χ4n) is 1.91. The molecule has 23 heavy (non-hydrogen) atoms. The first kappa shape index (κ1) is 16.5. The van der Waals surface area contributed by atoms with Gasteiger partial charge in [0, 0.05) is 23.5 Å². The highest BCUT2D eigenvalue weighted by Gasteiger charge is 2.12. The number of hydrogen-bond donors (Lipinski definition) is 2. The zero-order valence-electron chi connectivity index (χ0n) is 13.3. The fraction of sp³-hybridized carbons (Fsp3) is 0.235. The van der Waals surface area contributed by atoms with Gasteiger partial charge in [-0.2, -0.15) is 0 Å². The number of aromatic nitrogens is 1. The highest BCUT2D eigenvalue weighted by molar-refractivity contribution is 6.05. The van der Waals surface area contributed by atoms with Gasteiger partial charge in [0.2, 0.25) is 0 Å². The summed E-state index contributed by atoms with van der Waals surface area (Å²) in [6.07, 6.45) is 1.44. The summed E-state index contributed by atoms with van der Waals surface area (Å²) < 4.78 is 5.07. The minimum absolute atomic E-state index is 0.00100. The van der Waals surface area contributed by atoms with Crippen LogP contribution in [-0.2, 0) is 0 Å². The molecule has 0 fully saturated rings. The number of ether oxygens (including phenoxy) is 1. The van der Waals surface area contributed by atoms with Crippen molar-refractivity contribution in [1.29, 1.82) is 0 Å². The Morgan fingerprint density at radius 2 is 1.78 bits per heavy atom. The van der Waals surface area contributed by atoms with E-state index in [1.54, 1.807) is 37.4 Å². The predicted molar refractivity (Wildman–Crippen MR) is 87.8 cm³/mol. The summed E-state index contributed by atoms with van der Waals surface area (Å²) in [7, 11) is 1.58. The molecule has 0 radical (unpaired) electrons. The molecule has 1 aromatic carbocycles. The van der Waals surface area contributed by atoms with Crippen LogP contribution < -0.4 is 15.4 Å². The second-order valence-electron chi connectivity index (χ2n) is 5.24. The molecule has 2 rings (SSSR count). The molecule has 6 heteroatoms. The largest absolute Gasteiger partial charge is 0.497 e. The molecule has 120 valence electrons. The van der Waals surface area contributed by atoms with E-state index < -0.39 is 0 Å². The second-order valence-corrected chi connectivity index (χ2v) is 5.24. The van der Waals surface area contributed by atoms with Crippen molar-refractivity contribution in [2.75, 3.05) is 12.4 Å². The zero-order chi connectivity index (χ0) is 16.8. The summed E-state index contributed by atoms with van der Waals surface area (Å²) in [4.78, 5) is 28.2. The van der Waals surface area contributed by atoms with Crippen LogP contribution in [0.25, 0.3) is 0 Å². The van der Waals surface area contributed by atoms with Crippen molar-refractivity contribution >= 4 is 17.5 Å². The third-order valence-electron chi connectivity index (χ3n) is 3.02. The Bertz CT molecular complexity index is 696. The van der Waals surface area contributed by atoms with Crippen LogP contribution in [0.15, 0.2) is 42.6 Å². The predicted octanol–water partition coefficient (Wildman–Crippen LogP) is 2.48. The van der Waals surface area contributed by atoms with E-state index in [2.05, 4.69) is 15.6 Å². The van der Waals surface area contributed by atoms with Crippen LogP contribution in [0.1, 0.15) is 34.7 Å². The van der Waals surface area contributed by atoms with E-state index in [0.29, 0.717) is 17.0 Å². The normalized spacial score (nSPS) is 10.3. The maximum atomic E-state index is 12.3. The van der Waals surface area contributed by atoms with Crippen molar-refractivity contribution in [3.05, 3.63) is 53.9 Å². The summed E-state index contributed by atoms with van der Waals surface area (Å²) in [6.45, 7) is 3.72. The van der Waals surface area contributed by atoms with Gasteiger partial charge < -0.3 is 15.4 Å². The van der Waals surface area contributed by atoms with Gasteiger partial charge in [-0.05, 0) is 50.2 Å². The van der Waals surface area contributed by atoms with Crippen molar-refractivity contribution < 1.29 is 14.3 Å². The lowest BCUT2D eigenvalue weighted by atomic mass is 10.2. The average molecular weight is 313 g/mol. The summed E-state index contributed by atoms with van der Waals surface area (Å²) in [5.74, 6) is 0.0924. The monoisotopic (exact) mass is 313 g/mol. The average Bonchev–Trinajstić information content (AvgIpc) is 2.55. The SMILES string of the molecule is COc1ccc(NC(=O)c2ccnc(C(=O)NC(C)C)c2)cc1. The Balaban J connectivity index is 2.11. The van der Waals surface area contributed by atoms with E-state index in [4.69, 9.17) is 4.74 Å². The Kier molecular flexibility index (Phi) is 5.30. The molecule has 0 spiro atoms. The lowest BCUT2D eigenvalue weighted by Gasteiger charge is -2.09. The molecule has 0 bridgehead atoms. The molecule has 1 heterocycles. The molecule has 2 aromatic rings. The molecule has 6 nitrogen and oxygen atoms in total.